The zero-order chi connectivity index (χ0) is 9.97. The van der Waals surface area contributed by atoms with Gasteiger partial charge in [0.1, 0.15) is 12.2 Å². The van der Waals surface area contributed by atoms with Crippen LogP contribution in [0.25, 0.3) is 10.1 Å². The molecule has 14 heavy (non-hydrogen) atoms. The Bertz CT molecular complexity index is 509. The van der Waals surface area contributed by atoms with Crippen LogP contribution in [0.2, 0.25) is 0 Å². The highest BCUT2D eigenvalue weighted by atomic mass is 32.1. The van der Waals surface area contributed by atoms with Crippen LogP contribution in [0.4, 0.5) is 0 Å². The summed E-state index contributed by atoms with van der Waals surface area (Å²) in [7, 11) is 0. The number of carbonyl (C=O) groups is 1. The molecule has 2 rings (SSSR count). The zero-order valence-electron chi connectivity index (χ0n) is 7.31. The average Bonchev–Trinajstić information content (AvgIpc) is 2.68. The molecule has 1 atom stereocenters. The fraction of sp³-hybridized carbons (Fsp3) is 0.0909. The van der Waals surface area contributed by atoms with Gasteiger partial charge < -0.3 is 4.79 Å². The molecule has 0 saturated heterocycles. The van der Waals surface area contributed by atoms with Gasteiger partial charge in [-0.2, -0.15) is 5.26 Å². The Balaban J connectivity index is 2.67. The molecule has 2 aromatic rings. The fourth-order valence-corrected chi connectivity index (χ4v) is 2.28. The maximum Gasteiger partial charge on any atom is 0.141 e. The number of aldehydes is 1. The van der Waals surface area contributed by atoms with Crippen LogP contribution < -0.4 is 0 Å². The van der Waals surface area contributed by atoms with Gasteiger partial charge >= 0.3 is 0 Å². The standard InChI is InChI=1S/C11H7NOS/c12-6-8(7-13)9-2-1-3-11-10(9)4-5-14-11/h1-5,7-8H. The summed E-state index contributed by atoms with van der Waals surface area (Å²) < 4.78 is 1.12. The van der Waals surface area contributed by atoms with E-state index < -0.39 is 5.92 Å². The molecule has 1 aromatic carbocycles. The maximum absolute atomic E-state index is 10.7. The van der Waals surface area contributed by atoms with Crippen molar-refractivity contribution in [2.24, 2.45) is 0 Å². The zero-order valence-corrected chi connectivity index (χ0v) is 8.12. The molecule has 0 saturated carbocycles. The number of hydrogen-bond acceptors (Lipinski definition) is 3. The van der Waals surface area contributed by atoms with E-state index in [1.165, 1.54) is 0 Å². The molecule has 0 fully saturated rings. The first-order valence-corrected chi connectivity index (χ1v) is 5.06. The van der Waals surface area contributed by atoms with Gasteiger partial charge in [-0.05, 0) is 28.5 Å². The van der Waals surface area contributed by atoms with E-state index in [1.807, 2.05) is 35.7 Å². The third-order valence-corrected chi connectivity index (χ3v) is 3.02. The molecule has 0 aliphatic heterocycles. The van der Waals surface area contributed by atoms with Crippen LogP contribution in [0.5, 0.6) is 0 Å². The third-order valence-electron chi connectivity index (χ3n) is 2.14. The number of benzene rings is 1. The third kappa shape index (κ3) is 1.30. The lowest BCUT2D eigenvalue weighted by molar-refractivity contribution is -0.108. The van der Waals surface area contributed by atoms with Gasteiger partial charge in [0.25, 0.3) is 0 Å². The Morgan fingerprint density at radius 1 is 1.43 bits per heavy atom. The molecule has 0 amide bonds. The van der Waals surface area contributed by atoms with Gasteiger partial charge in [-0.15, -0.1) is 11.3 Å². The second-order valence-corrected chi connectivity index (χ2v) is 3.87. The Labute approximate surface area is 85.4 Å². The Hall–Kier alpha value is -1.66. The molecule has 1 heterocycles. The molecular formula is C11H7NOS. The number of nitriles is 1. The molecule has 1 unspecified atom stereocenters. The van der Waals surface area contributed by atoms with E-state index >= 15 is 0 Å². The second kappa shape index (κ2) is 3.60. The van der Waals surface area contributed by atoms with Gasteiger partial charge in [0, 0.05) is 4.70 Å². The van der Waals surface area contributed by atoms with Crippen LogP contribution in [0, 0.1) is 11.3 Å². The first kappa shape index (κ1) is 8.92. The van der Waals surface area contributed by atoms with Crippen molar-refractivity contribution in [3.63, 3.8) is 0 Å². The van der Waals surface area contributed by atoms with E-state index in [9.17, 15) is 4.79 Å². The van der Waals surface area contributed by atoms with Crippen LogP contribution in [0.1, 0.15) is 11.5 Å². The van der Waals surface area contributed by atoms with Crippen molar-refractivity contribution >= 4 is 27.7 Å². The van der Waals surface area contributed by atoms with Crippen molar-refractivity contribution in [2.75, 3.05) is 0 Å². The van der Waals surface area contributed by atoms with Gasteiger partial charge in [-0.3, -0.25) is 0 Å². The van der Waals surface area contributed by atoms with Crippen LogP contribution in [0.3, 0.4) is 0 Å². The molecule has 3 heteroatoms. The number of thiophene rings is 1. The highest BCUT2D eigenvalue weighted by molar-refractivity contribution is 7.17. The van der Waals surface area contributed by atoms with Crippen LogP contribution in [-0.4, -0.2) is 6.29 Å². The number of fused-ring (bicyclic) bond motifs is 1. The predicted molar refractivity (Wildman–Crippen MR) is 56.2 cm³/mol. The summed E-state index contributed by atoms with van der Waals surface area (Å²) >= 11 is 1.61. The fourth-order valence-electron chi connectivity index (χ4n) is 1.46. The minimum absolute atomic E-state index is 0.645. The Kier molecular flexibility index (Phi) is 2.30. The summed E-state index contributed by atoms with van der Waals surface area (Å²) in [5.41, 5.74) is 0.807. The van der Waals surface area contributed by atoms with Crippen molar-refractivity contribution < 1.29 is 4.79 Å². The molecular weight excluding hydrogens is 194 g/mol. The minimum atomic E-state index is -0.645. The minimum Gasteiger partial charge on any atom is -0.302 e. The number of rotatable bonds is 2. The smallest absolute Gasteiger partial charge is 0.141 e. The summed E-state index contributed by atoms with van der Waals surface area (Å²) in [5, 5.41) is 11.8. The largest absolute Gasteiger partial charge is 0.302 e. The van der Waals surface area contributed by atoms with Crippen molar-refractivity contribution in [3.8, 4) is 6.07 Å². The van der Waals surface area contributed by atoms with Gasteiger partial charge in [-0.25, -0.2) is 0 Å². The topological polar surface area (TPSA) is 40.9 Å². The van der Waals surface area contributed by atoms with E-state index in [4.69, 9.17) is 5.26 Å². The predicted octanol–water partition coefficient (Wildman–Crippen LogP) is 2.71. The SMILES string of the molecule is N#CC(C=O)c1cccc2sccc12. The van der Waals surface area contributed by atoms with E-state index in [1.54, 1.807) is 11.3 Å². The maximum atomic E-state index is 10.7. The first-order valence-electron chi connectivity index (χ1n) is 4.18. The molecule has 0 N–H and O–H groups in total. The van der Waals surface area contributed by atoms with Gasteiger partial charge in [-0.1, -0.05) is 12.1 Å². The monoisotopic (exact) mass is 201 g/mol. The lowest BCUT2D eigenvalue weighted by Gasteiger charge is -2.02. The highest BCUT2D eigenvalue weighted by Crippen LogP contribution is 2.28. The molecule has 0 radical (unpaired) electrons. The van der Waals surface area contributed by atoms with Gasteiger partial charge in [0.05, 0.1) is 6.07 Å². The summed E-state index contributed by atoms with van der Waals surface area (Å²) in [6.45, 7) is 0. The number of carbonyl (C=O) groups excluding carboxylic acids is 1. The molecule has 0 aliphatic carbocycles. The van der Waals surface area contributed by atoms with E-state index in [2.05, 4.69) is 0 Å². The second-order valence-electron chi connectivity index (χ2n) is 2.92. The Morgan fingerprint density at radius 3 is 3.00 bits per heavy atom. The normalized spacial score (nSPS) is 12.2. The van der Waals surface area contributed by atoms with Crippen molar-refractivity contribution in [1.82, 2.24) is 0 Å². The lowest BCUT2D eigenvalue weighted by Crippen LogP contribution is -1.96. The summed E-state index contributed by atoms with van der Waals surface area (Å²) in [6.07, 6.45) is 0.687. The Morgan fingerprint density at radius 2 is 2.29 bits per heavy atom. The average molecular weight is 201 g/mol. The number of hydrogen-bond donors (Lipinski definition) is 0. The quantitative estimate of drug-likeness (QED) is 0.701. The summed E-state index contributed by atoms with van der Waals surface area (Å²) in [6, 6.07) is 9.63. The molecule has 0 aliphatic rings. The van der Waals surface area contributed by atoms with Crippen LogP contribution in [-0.2, 0) is 4.79 Å². The summed E-state index contributed by atoms with van der Waals surface area (Å²) in [5.74, 6) is -0.645. The van der Waals surface area contributed by atoms with E-state index in [0.717, 1.165) is 15.6 Å². The van der Waals surface area contributed by atoms with Crippen molar-refractivity contribution in [3.05, 3.63) is 35.2 Å². The van der Waals surface area contributed by atoms with Gasteiger partial charge in [0.15, 0.2) is 0 Å². The van der Waals surface area contributed by atoms with Crippen molar-refractivity contribution in [1.29, 1.82) is 5.26 Å². The van der Waals surface area contributed by atoms with Gasteiger partial charge in [0.2, 0.25) is 0 Å². The molecule has 0 bridgehead atoms. The van der Waals surface area contributed by atoms with Crippen LogP contribution >= 0.6 is 11.3 Å². The highest BCUT2D eigenvalue weighted by Gasteiger charge is 2.12. The van der Waals surface area contributed by atoms with E-state index in [0.29, 0.717) is 6.29 Å². The molecule has 68 valence electrons. The lowest BCUT2D eigenvalue weighted by atomic mass is 9.99. The van der Waals surface area contributed by atoms with E-state index in [-0.39, 0.29) is 0 Å². The number of nitrogens with zero attached hydrogens (tertiary/aromatic N) is 1. The molecule has 0 spiro atoms. The van der Waals surface area contributed by atoms with Crippen LogP contribution in [0.15, 0.2) is 29.6 Å². The van der Waals surface area contributed by atoms with Crippen molar-refractivity contribution in [2.45, 2.75) is 5.92 Å². The summed E-state index contributed by atoms with van der Waals surface area (Å²) in [4.78, 5) is 10.7. The molecule has 1 aromatic heterocycles. The first-order chi connectivity index (χ1) is 6.86. The molecule has 2 nitrogen and oxygen atoms in total.